The SMILES string of the molecule is CCN(CC)c1ccc(C=NN2CCN(Cc3ccc(Cl)cc3)CC2)cc1. The van der Waals surface area contributed by atoms with Gasteiger partial charge >= 0.3 is 0 Å². The summed E-state index contributed by atoms with van der Waals surface area (Å²) in [5, 5.41) is 7.63. The summed E-state index contributed by atoms with van der Waals surface area (Å²) in [5.41, 5.74) is 3.73. The summed E-state index contributed by atoms with van der Waals surface area (Å²) in [6.07, 6.45) is 1.97. The lowest BCUT2D eigenvalue weighted by Crippen LogP contribution is -2.43. The molecular formula is C22H29ClN4. The number of rotatable bonds is 7. The van der Waals surface area contributed by atoms with Crippen LogP contribution >= 0.6 is 11.6 Å². The van der Waals surface area contributed by atoms with Crippen LogP contribution in [0.3, 0.4) is 0 Å². The molecule has 0 spiro atoms. The zero-order chi connectivity index (χ0) is 19.1. The molecule has 1 fully saturated rings. The molecule has 0 N–H and O–H groups in total. The second-order valence-electron chi connectivity index (χ2n) is 6.86. The molecular weight excluding hydrogens is 356 g/mol. The van der Waals surface area contributed by atoms with Gasteiger partial charge in [0.15, 0.2) is 0 Å². The van der Waals surface area contributed by atoms with E-state index in [1.807, 2.05) is 18.3 Å². The molecule has 0 aromatic heterocycles. The van der Waals surface area contributed by atoms with E-state index in [9.17, 15) is 0 Å². The van der Waals surface area contributed by atoms with E-state index in [1.165, 1.54) is 11.3 Å². The van der Waals surface area contributed by atoms with Crippen LogP contribution in [0.25, 0.3) is 0 Å². The summed E-state index contributed by atoms with van der Waals surface area (Å²) in [5.74, 6) is 0. The maximum atomic E-state index is 5.96. The molecule has 1 saturated heterocycles. The molecule has 1 aliphatic heterocycles. The van der Waals surface area contributed by atoms with Gasteiger partial charge in [-0.05, 0) is 49.2 Å². The van der Waals surface area contributed by atoms with Crippen molar-refractivity contribution in [3.8, 4) is 0 Å². The Morgan fingerprint density at radius 3 is 2.15 bits per heavy atom. The van der Waals surface area contributed by atoms with Crippen LogP contribution in [0.15, 0.2) is 53.6 Å². The largest absolute Gasteiger partial charge is 0.372 e. The molecule has 0 saturated carbocycles. The Morgan fingerprint density at radius 1 is 0.926 bits per heavy atom. The smallest absolute Gasteiger partial charge is 0.0542 e. The van der Waals surface area contributed by atoms with Crippen molar-refractivity contribution >= 4 is 23.5 Å². The van der Waals surface area contributed by atoms with Gasteiger partial charge in [-0.1, -0.05) is 35.9 Å². The quantitative estimate of drug-likeness (QED) is 0.663. The molecule has 0 unspecified atom stereocenters. The van der Waals surface area contributed by atoms with Crippen LogP contribution in [0.2, 0.25) is 5.02 Å². The molecule has 1 aliphatic rings. The first-order valence-electron chi connectivity index (χ1n) is 9.78. The maximum absolute atomic E-state index is 5.96. The second-order valence-corrected chi connectivity index (χ2v) is 7.30. The van der Waals surface area contributed by atoms with E-state index >= 15 is 0 Å². The van der Waals surface area contributed by atoms with Crippen molar-refractivity contribution < 1.29 is 0 Å². The Kier molecular flexibility index (Phi) is 7.13. The summed E-state index contributed by atoms with van der Waals surface area (Å²) in [7, 11) is 0. The van der Waals surface area contributed by atoms with Gasteiger partial charge in [0.2, 0.25) is 0 Å². The van der Waals surface area contributed by atoms with Crippen molar-refractivity contribution in [2.75, 3.05) is 44.2 Å². The van der Waals surface area contributed by atoms with E-state index in [0.717, 1.165) is 56.4 Å². The third-order valence-corrected chi connectivity index (χ3v) is 5.31. The summed E-state index contributed by atoms with van der Waals surface area (Å²) >= 11 is 5.96. The molecule has 0 bridgehead atoms. The molecule has 144 valence electrons. The van der Waals surface area contributed by atoms with E-state index in [1.54, 1.807) is 0 Å². The molecule has 27 heavy (non-hydrogen) atoms. The fourth-order valence-electron chi connectivity index (χ4n) is 3.37. The summed E-state index contributed by atoms with van der Waals surface area (Å²) in [4.78, 5) is 4.81. The third-order valence-electron chi connectivity index (χ3n) is 5.06. The number of nitrogens with zero attached hydrogens (tertiary/aromatic N) is 4. The fourth-order valence-corrected chi connectivity index (χ4v) is 3.49. The average Bonchev–Trinajstić information content (AvgIpc) is 2.71. The maximum Gasteiger partial charge on any atom is 0.0542 e. The normalized spacial score (nSPS) is 15.4. The standard InChI is InChI=1S/C22H29ClN4/c1-3-26(4-2)22-11-7-19(8-12-22)17-24-27-15-13-25(14-16-27)18-20-5-9-21(23)10-6-20/h5-12,17H,3-4,13-16,18H2,1-2H3. The van der Waals surface area contributed by atoms with E-state index < -0.39 is 0 Å². The topological polar surface area (TPSA) is 22.1 Å². The Labute approximate surface area is 168 Å². The minimum Gasteiger partial charge on any atom is -0.372 e. The number of anilines is 1. The molecule has 0 atom stereocenters. The van der Waals surface area contributed by atoms with Crippen LogP contribution in [0, 0.1) is 0 Å². The average molecular weight is 385 g/mol. The van der Waals surface area contributed by atoms with Crippen LogP contribution in [0.1, 0.15) is 25.0 Å². The van der Waals surface area contributed by atoms with Gasteiger partial charge < -0.3 is 4.90 Å². The van der Waals surface area contributed by atoms with Gasteiger partial charge in [0.25, 0.3) is 0 Å². The van der Waals surface area contributed by atoms with Crippen LogP contribution < -0.4 is 4.90 Å². The lowest BCUT2D eigenvalue weighted by atomic mass is 10.2. The van der Waals surface area contributed by atoms with Gasteiger partial charge in [-0.15, -0.1) is 0 Å². The minimum absolute atomic E-state index is 0.794. The zero-order valence-corrected chi connectivity index (χ0v) is 17.1. The highest BCUT2D eigenvalue weighted by Crippen LogP contribution is 2.15. The van der Waals surface area contributed by atoms with Crippen LogP contribution in [-0.4, -0.2) is 55.4 Å². The highest BCUT2D eigenvalue weighted by atomic mass is 35.5. The number of piperazine rings is 1. The highest BCUT2D eigenvalue weighted by molar-refractivity contribution is 6.30. The van der Waals surface area contributed by atoms with Crippen molar-refractivity contribution in [3.05, 3.63) is 64.7 Å². The summed E-state index contributed by atoms with van der Waals surface area (Å²) in [6.45, 7) is 11.4. The second kappa shape index (κ2) is 9.77. The van der Waals surface area contributed by atoms with E-state index in [0.29, 0.717) is 0 Å². The molecule has 0 amide bonds. The predicted octanol–water partition coefficient (Wildman–Crippen LogP) is 4.34. The van der Waals surface area contributed by atoms with Crippen LogP contribution in [-0.2, 0) is 6.54 Å². The number of hydrazone groups is 1. The molecule has 0 aliphatic carbocycles. The van der Waals surface area contributed by atoms with Gasteiger partial charge in [-0.3, -0.25) is 9.91 Å². The molecule has 3 rings (SSSR count). The van der Waals surface area contributed by atoms with Gasteiger partial charge in [0.1, 0.15) is 0 Å². The third kappa shape index (κ3) is 5.72. The van der Waals surface area contributed by atoms with Crippen LogP contribution in [0.4, 0.5) is 5.69 Å². The van der Waals surface area contributed by atoms with Gasteiger partial charge in [0.05, 0.1) is 6.21 Å². The van der Waals surface area contributed by atoms with Crippen LogP contribution in [0.5, 0.6) is 0 Å². The Balaban J connectivity index is 1.47. The van der Waals surface area contributed by atoms with Crippen molar-refractivity contribution in [2.45, 2.75) is 20.4 Å². The molecule has 1 heterocycles. The zero-order valence-electron chi connectivity index (χ0n) is 16.3. The van der Waals surface area contributed by atoms with E-state index in [2.05, 4.69) is 70.2 Å². The monoisotopic (exact) mass is 384 g/mol. The lowest BCUT2D eigenvalue weighted by Gasteiger charge is -2.33. The predicted molar refractivity (Wildman–Crippen MR) is 116 cm³/mol. The van der Waals surface area contributed by atoms with Crippen molar-refractivity contribution in [2.24, 2.45) is 5.10 Å². The number of halogens is 1. The van der Waals surface area contributed by atoms with Crippen molar-refractivity contribution in [3.63, 3.8) is 0 Å². The first-order valence-corrected chi connectivity index (χ1v) is 10.2. The first-order chi connectivity index (χ1) is 13.2. The summed E-state index contributed by atoms with van der Waals surface area (Å²) in [6, 6.07) is 16.8. The first kappa shape index (κ1) is 19.7. The van der Waals surface area contributed by atoms with E-state index in [-0.39, 0.29) is 0 Å². The number of benzene rings is 2. The minimum atomic E-state index is 0.794. The van der Waals surface area contributed by atoms with Gasteiger partial charge in [0, 0.05) is 56.5 Å². The van der Waals surface area contributed by atoms with Crippen molar-refractivity contribution in [1.29, 1.82) is 0 Å². The molecule has 0 radical (unpaired) electrons. The lowest BCUT2D eigenvalue weighted by molar-refractivity contribution is 0.131. The number of hydrogen-bond acceptors (Lipinski definition) is 4. The summed E-state index contributed by atoms with van der Waals surface area (Å²) < 4.78 is 0. The van der Waals surface area contributed by atoms with Crippen molar-refractivity contribution in [1.82, 2.24) is 9.91 Å². The van der Waals surface area contributed by atoms with E-state index in [4.69, 9.17) is 11.6 Å². The molecule has 4 nitrogen and oxygen atoms in total. The Hall–Kier alpha value is -2.04. The molecule has 2 aromatic rings. The molecule has 2 aromatic carbocycles. The fraction of sp³-hybridized carbons (Fsp3) is 0.409. The Bertz CT molecular complexity index is 715. The number of hydrogen-bond donors (Lipinski definition) is 0. The molecule has 5 heteroatoms. The Morgan fingerprint density at radius 2 is 1.56 bits per heavy atom. The highest BCUT2D eigenvalue weighted by Gasteiger charge is 2.15. The van der Waals surface area contributed by atoms with Gasteiger partial charge in [-0.2, -0.15) is 5.10 Å². The van der Waals surface area contributed by atoms with Gasteiger partial charge in [-0.25, -0.2) is 0 Å².